The number of hydrogen-bond acceptors (Lipinski definition) is 3. The van der Waals surface area contributed by atoms with Crippen LogP contribution in [0, 0.1) is 0 Å². The normalized spacial score (nSPS) is 22.6. The molecule has 1 rings (SSSR count). The average Bonchev–Trinajstić information content (AvgIpc) is 2.14. The third kappa shape index (κ3) is 4.69. The molecule has 0 radical (unpaired) electrons. The number of carbonyl (C=O) groups is 1. The van der Waals surface area contributed by atoms with Crippen molar-refractivity contribution in [2.75, 3.05) is 19.8 Å². The Hall–Kier alpha value is -0.810. The van der Waals surface area contributed by atoms with Gasteiger partial charge < -0.3 is 20.5 Å². The molecule has 1 atom stereocenters. The van der Waals surface area contributed by atoms with Gasteiger partial charge in [0, 0.05) is 13.2 Å². The van der Waals surface area contributed by atoms with Gasteiger partial charge in [0.15, 0.2) is 6.29 Å². The minimum atomic E-state index is -0.520. The lowest BCUT2D eigenvalue weighted by Gasteiger charge is -2.22. The molecule has 1 aliphatic rings. The summed E-state index contributed by atoms with van der Waals surface area (Å²) in [5.74, 6) is 0. The highest BCUT2D eigenvalue weighted by Crippen LogP contribution is 2.12. The van der Waals surface area contributed by atoms with Crippen molar-refractivity contribution < 1.29 is 14.3 Å². The summed E-state index contributed by atoms with van der Waals surface area (Å²) in [4.78, 5) is 10.3. The SMILES string of the molecule is NC(=O)NCCOC1CCCCO1. The van der Waals surface area contributed by atoms with Gasteiger partial charge in [-0.3, -0.25) is 0 Å². The number of nitrogens with two attached hydrogens (primary N) is 1. The Morgan fingerprint density at radius 1 is 1.62 bits per heavy atom. The minimum Gasteiger partial charge on any atom is -0.353 e. The van der Waals surface area contributed by atoms with Gasteiger partial charge in [-0.2, -0.15) is 0 Å². The third-order valence-electron chi connectivity index (χ3n) is 1.84. The number of urea groups is 1. The summed E-state index contributed by atoms with van der Waals surface area (Å²) in [6.07, 6.45) is 3.10. The molecule has 0 spiro atoms. The van der Waals surface area contributed by atoms with E-state index in [1.54, 1.807) is 0 Å². The van der Waals surface area contributed by atoms with Crippen molar-refractivity contribution in [1.29, 1.82) is 0 Å². The molecule has 0 aliphatic carbocycles. The highest BCUT2D eigenvalue weighted by atomic mass is 16.7. The van der Waals surface area contributed by atoms with Crippen molar-refractivity contribution in [3.8, 4) is 0 Å². The van der Waals surface area contributed by atoms with Gasteiger partial charge in [-0.05, 0) is 19.3 Å². The number of primary amides is 1. The van der Waals surface area contributed by atoms with E-state index in [1.165, 1.54) is 0 Å². The topological polar surface area (TPSA) is 73.6 Å². The summed E-state index contributed by atoms with van der Waals surface area (Å²) in [7, 11) is 0. The first kappa shape index (κ1) is 10.3. The Morgan fingerprint density at radius 2 is 2.46 bits per heavy atom. The van der Waals surface area contributed by atoms with Crippen molar-refractivity contribution in [1.82, 2.24) is 5.32 Å². The molecule has 5 nitrogen and oxygen atoms in total. The highest BCUT2D eigenvalue weighted by molar-refractivity contribution is 5.71. The maximum absolute atomic E-state index is 10.3. The molecule has 0 aromatic carbocycles. The Bertz CT molecular complexity index is 157. The molecule has 76 valence electrons. The summed E-state index contributed by atoms with van der Waals surface area (Å²) < 4.78 is 10.7. The molecule has 0 aromatic heterocycles. The fraction of sp³-hybridized carbons (Fsp3) is 0.875. The molecular formula is C8H16N2O3. The van der Waals surface area contributed by atoms with Crippen LogP contribution >= 0.6 is 0 Å². The van der Waals surface area contributed by atoms with Crippen LogP contribution < -0.4 is 11.1 Å². The monoisotopic (exact) mass is 188 g/mol. The fourth-order valence-corrected chi connectivity index (χ4v) is 1.21. The molecular weight excluding hydrogens is 172 g/mol. The van der Waals surface area contributed by atoms with E-state index in [1.807, 2.05) is 0 Å². The first-order valence-corrected chi connectivity index (χ1v) is 4.55. The van der Waals surface area contributed by atoms with Crippen LogP contribution in [0.4, 0.5) is 4.79 Å². The minimum absolute atomic E-state index is 0.0940. The van der Waals surface area contributed by atoms with Crippen LogP contribution in [0.25, 0.3) is 0 Å². The van der Waals surface area contributed by atoms with Crippen molar-refractivity contribution >= 4 is 6.03 Å². The maximum Gasteiger partial charge on any atom is 0.312 e. The van der Waals surface area contributed by atoms with Gasteiger partial charge in [-0.15, -0.1) is 0 Å². The quantitative estimate of drug-likeness (QED) is 0.619. The Labute approximate surface area is 77.6 Å². The van der Waals surface area contributed by atoms with Gasteiger partial charge in [0.2, 0.25) is 0 Å². The molecule has 1 saturated heterocycles. The summed E-state index contributed by atoms with van der Waals surface area (Å²) in [6, 6.07) is -0.520. The van der Waals surface area contributed by atoms with Crippen molar-refractivity contribution in [2.45, 2.75) is 25.6 Å². The molecule has 0 aromatic rings. The van der Waals surface area contributed by atoms with Gasteiger partial charge in [-0.25, -0.2) is 4.79 Å². The van der Waals surface area contributed by atoms with Crippen molar-refractivity contribution in [3.63, 3.8) is 0 Å². The molecule has 0 saturated carbocycles. The van der Waals surface area contributed by atoms with Crippen LogP contribution in [0.15, 0.2) is 0 Å². The smallest absolute Gasteiger partial charge is 0.312 e. The second kappa shape index (κ2) is 5.77. The summed E-state index contributed by atoms with van der Waals surface area (Å²) >= 11 is 0. The Kier molecular flexibility index (Phi) is 4.56. The lowest BCUT2D eigenvalue weighted by molar-refractivity contribution is -0.160. The van der Waals surface area contributed by atoms with Gasteiger partial charge in [0.05, 0.1) is 6.61 Å². The molecule has 1 fully saturated rings. The largest absolute Gasteiger partial charge is 0.353 e. The van der Waals surface area contributed by atoms with E-state index in [0.29, 0.717) is 13.2 Å². The molecule has 1 aliphatic heterocycles. The number of hydrogen-bond donors (Lipinski definition) is 2. The number of amides is 2. The predicted octanol–water partition coefficient (Wildman–Crippen LogP) is 0.198. The van der Waals surface area contributed by atoms with Crippen LogP contribution in [0.5, 0.6) is 0 Å². The fourth-order valence-electron chi connectivity index (χ4n) is 1.21. The van der Waals surface area contributed by atoms with Crippen LogP contribution in [-0.2, 0) is 9.47 Å². The molecule has 13 heavy (non-hydrogen) atoms. The molecule has 0 bridgehead atoms. The number of ether oxygens (including phenoxy) is 2. The van der Waals surface area contributed by atoms with E-state index in [2.05, 4.69) is 5.32 Å². The zero-order valence-electron chi connectivity index (χ0n) is 7.62. The summed E-state index contributed by atoms with van der Waals surface area (Å²) in [5.41, 5.74) is 4.87. The molecule has 5 heteroatoms. The summed E-state index contributed by atoms with van der Waals surface area (Å²) in [5, 5.41) is 2.44. The summed E-state index contributed by atoms with van der Waals surface area (Å²) in [6.45, 7) is 1.66. The van der Waals surface area contributed by atoms with Crippen LogP contribution in [-0.4, -0.2) is 32.1 Å². The van der Waals surface area contributed by atoms with E-state index in [4.69, 9.17) is 15.2 Å². The van der Waals surface area contributed by atoms with Gasteiger partial charge >= 0.3 is 6.03 Å². The molecule has 1 unspecified atom stereocenters. The molecule has 3 N–H and O–H groups in total. The lowest BCUT2D eigenvalue weighted by Crippen LogP contribution is -2.33. The predicted molar refractivity (Wildman–Crippen MR) is 47.1 cm³/mol. The standard InChI is InChI=1S/C8H16N2O3/c9-8(11)10-4-6-13-7-3-1-2-5-12-7/h7H,1-6H2,(H3,9,10,11). The highest BCUT2D eigenvalue weighted by Gasteiger charge is 2.13. The van der Waals surface area contributed by atoms with E-state index < -0.39 is 6.03 Å². The average molecular weight is 188 g/mol. The number of carbonyl (C=O) groups excluding carboxylic acids is 1. The zero-order chi connectivity index (χ0) is 9.52. The van der Waals surface area contributed by atoms with Crippen LogP contribution in [0.1, 0.15) is 19.3 Å². The third-order valence-corrected chi connectivity index (χ3v) is 1.84. The van der Waals surface area contributed by atoms with E-state index >= 15 is 0 Å². The molecule has 2 amide bonds. The van der Waals surface area contributed by atoms with E-state index in [0.717, 1.165) is 25.9 Å². The van der Waals surface area contributed by atoms with Crippen molar-refractivity contribution in [3.05, 3.63) is 0 Å². The van der Waals surface area contributed by atoms with Gasteiger partial charge in [-0.1, -0.05) is 0 Å². The second-order valence-electron chi connectivity index (χ2n) is 2.96. The number of rotatable bonds is 4. The first-order valence-electron chi connectivity index (χ1n) is 4.55. The van der Waals surface area contributed by atoms with Crippen molar-refractivity contribution in [2.24, 2.45) is 5.73 Å². The Morgan fingerprint density at radius 3 is 3.08 bits per heavy atom. The Balaban J connectivity index is 1.95. The zero-order valence-corrected chi connectivity index (χ0v) is 7.62. The van der Waals surface area contributed by atoms with Crippen LogP contribution in [0.2, 0.25) is 0 Å². The molecule has 1 heterocycles. The first-order chi connectivity index (χ1) is 6.29. The number of nitrogens with one attached hydrogen (secondary N) is 1. The van der Waals surface area contributed by atoms with E-state index in [-0.39, 0.29) is 6.29 Å². The van der Waals surface area contributed by atoms with Gasteiger partial charge in [0.1, 0.15) is 0 Å². The van der Waals surface area contributed by atoms with Gasteiger partial charge in [0.25, 0.3) is 0 Å². The lowest BCUT2D eigenvalue weighted by atomic mass is 10.2. The van der Waals surface area contributed by atoms with Crippen LogP contribution in [0.3, 0.4) is 0 Å². The maximum atomic E-state index is 10.3. The second-order valence-corrected chi connectivity index (χ2v) is 2.96. The van der Waals surface area contributed by atoms with E-state index in [9.17, 15) is 4.79 Å².